The van der Waals surface area contributed by atoms with Crippen LogP contribution in [0.15, 0.2) is 267 Å². The van der Waals surface area contributed by atoms with Gasteiger partial charge in [-0.2, -0.15) is 0 Å². The molecule has 2 aliphatic rings. The van der Waals surface area contributed by atoms with Gasteiger partial charge < -0.3 is 14.7 Å². The van der Waals surface area contributed by atoms with Crippen molar-refractivity contribution in [3.8, 4) is 33.4 Å². The van der Waals surface area contributed by atoms with Crippen LogP contribution in [-0.4, -0.2) is 6.04 Å². The van der Waals surface area contributed by atoms with Gasteiger partial charge in [-0.1, -0.05) is 170 Å². The molecule has 1 heterocycles. The summed E-state index contributed by atoms with van der Waals surface area (Å²) < 4.78 is 14.6. The number of allylic oxidation sites excluding steroid dienone is 2. The predicted octanol–water partition coefficient (Wildman–Crippen LogP) is 17.6. The normalized spacial score (nSPS) is 14.7. The molecule has 0 saturated heterocycles. The SMILES string of the molecule is Fc1ccc(N(c2ccc3c(c2)C2C=CC=CC2N3c2ccccc2)c2ccc(-c3ccc(N(c4ccc(-c5ccccc5)cc4)c4cccc(-c5ccccc5)c4)cc3)c3ccccc23)cc1. The first-order chi connectivity index (χ1) is 33.6. The van der Waals surface area contributed by atoms with Crippen LogP contribution >= 0.6 is 0 Å². The van der Waals surface area contributed by atoms with Crippen molar-refractivity contribution in [3.63, 3.8) is 0 Å². The molecule has 1 aliphatic carbocycles. The van der Waals surface area contributed by atoms with E-state index in [1.165, 1.54) is 33.6 Å². The van der Waals surface area contributed by atoms with Crippen molar-refractivity contribution < 1.29 is 4.39 Å². The molecule has 12 rings (SSSR count). The third kappa shape index (κ3) is 7.52. The highest BCUT2D eigenvalue weighted by atomic mass is 19.1. The molecule has 10 aromatic rings. The fourth-order valence-electron chi connectivity index (χ4n) is 10.2. The fourth-order valence-corrected chi connectivity index (χ4v) is 10.2. The van der Waals surface area contributed by atoms with Crippen molar-refractivity contribution in [2.75, 3.05) is 14.7 Å². The van der Waals surface area contributed by atoms with E-state index >= 15 is 0 Å². The molecule has 2 atom stereocenters. The van der Waals surface area contributed by atoms with Crippen molar-refractivity contribution in [1.82, 2.24) is 0 Å². The Hall–Kier alpha value is -8.73. The van der Waals surface area contributed by atoms with Crippen molar-refractivity contribution in [1.29, 1.82) is 0 Å². The standard InChI is InChI=1S/C64H46FN3/c65-50-31-37-54(38-32-50)67(56-39-41-64-61(44-56)60-25-12-13-26-62(60)68(64)51-20-8-3-9-21-51)63-42-40-57(58-23-10-11-24-59(58)63)48-29-35-53(36-30-48)66(52-33-27-47(28-34-52)45-15-4-1-5-16-45)55-22-14-19-49(43-55)46-17-6-2-7-18-46/h1-44,60,62H. The van der Waals surface area contributed by atoms with Crippen LogP contribution in [-0.2, 0) is 0 Å². The number of halogens is 1. The number of hydrogen-bond donors (Lipinski definition) is 0. The van der Waals surface area contributed by atoms with Crippen LogP contribution in [0.1, 0.15) is 11.5 Å². The molecule has 4 heteroatoms. The minimum Gasteiger partial charge on any atom is -0.333 e. The van der Waals surface area contributed by atoms with E-state index in [0.717, 1.165) is 61.6 Å². The Labute approximate surface area is 397 Å². The van der Waals surface area contributed by atoms with E-state index in [1.54, 1.807) is 12.1 Å². The highest BCUT2D eigenvalue weighted by molar-refractivity contribution is 6.06. The summed E-state index contributed by atoms with van der Waals surface area (Å²) in [6.07, 6.45) is 8.93. The smallest absolute Gasteiger partial charge is 0.123 e. The van der Waals surface area contributed by atoms with Gasteiger partial charge in [-0.15, -0.1) is 0 Å². The molecule has 0 amide bonds. The van der Waals surface area contributed by atoms with Gasteiger partial charge in [0, 0.05) is 51.1 Å². The minimum atomic E-state index is -0.265. The maximum atomic E-state index is 14.6. The zero-order valence-corrected chi connectivity index (χ0v) is 37.3. The number of benzene rings is 10. The van der Waals surface area contributed by atoms with Crippen LogP contribution in [0, 0.1) is 5.82 Å². The average molecular weight is 876 g/mol. The van der Waals surface area contributed by atoms with E-state index in [2.05, 4.69) is 257 Å². The number of hydrogen-bond acceptors (Lipinski definition) is 3. The predicted molar refractivity (Wildman–Crippen MR) is 283 cm³/mol. The zero-order chi connectivity index (χ0) is 45.4. The maximum absolute atomic E-state index is 14.6. The van der Waals surface area contributed by atoms with Crippen molar-refractivity contribution in [3.05, 3.63) is 278 Å². The van der Waals surface area contributed by atoms with E-state index in [-0.39, 0.29) is 17.8 Å². The molecule has 0 fully saturated rings. The third-order valence-corrected chi connectivity index (χ3v) is 13.4. The Balaban J connectivity index is 0.940. The van der Waals surface area contributed by atoms with Gasteiger partial charge >= 0.3 is 0 Å². The lowest BCUT2D eigenvalue weighted by Gasteiger charge is -2.29. The van der Waals surface area contributed by atoms with Crippen LogP contribution in [0.3, 0.4) is 0 Å². The fraction of sp³-hybridized carbons (Fsp3) is 0.0312. The maximum Gasteiger partial charge on any atom is 0.123 e. The van der Waals surface area contributed by atoms with Gasteiger partial charge in [-0.05, 0) is 141 Å². The molecular weight excluding hydrogens is 830 g/mol. The second kappa shape index (κ2) is 17.6. The van der Waals surface area contributed by atoms with Crippen molar-refractivity contribution in [2.45, 2.75) is 12.0 Å². The van der Waals surface area contributed by atoms with Gasteiger partial charge in [0.1, 0.15) is 5.82 Å². The summed E-state index contributed by atoms with van der Waals surface area (Å²) >= 11 is 0. The first-order valence-electron chi connectivity index (χ1n) is 23.3. The summed E-state index contributed by atoms with van der Waals surface area (Å²) in [6, 6.07) is 85.2. The molecule has 0 saturated carbocycles. The topological polar surface area (TPSA) is 9.72 Å². The molecule has 0 radical (unpaired) electrons. The summed E-state index contributed by atoms with van der Waals surface area (Å²) in [7, 11) is 0. The Morgan fingerprint density at radius 1 is 0.368 bits per heavy atom. The van der Waals surface area contributed by atoms with E-state index in [1.807, 2.05) is 12.1 Å². The van der Waals surface area contributed by atoms with Crippen molar-refractivity contribution in [2.24, 2.45) is 0 Å². The van der Waals surface area contributed by atoms with Crippen LogP contribution in [0.5, 0.6) is 0 Å². The lowest BCUT2D eigenvalue weighted by Crippen LogP contribution is -2.28. The second-order valence-electron chi connectivity index (χ2n) is 17.4. The van der Waals surface area contributed by atoms with Gasteiger partial charge in [0.25, 0.3) is 0 Å². The molecule has 0 aromatic heterocycles. The van der Waals surface area contributed by atoms with E-state index < -0.39 is 0 Å². The van der Waals surface area contributed by atoms with Crippen LogP contribution in [0.4, 0.5) is 49.9 Å². The number of fused-ring (bicyclic) bond motifs is 4. The van der Waals surface area contributed by atoms with Crippen LogP contribution < -0.4 is 14.7 Å². The number of rotatable bonds is 10. The monoisotopic (exact) mass is 875 g/mol. The molecule has 2 unspecified atom stereocenters. The van der Waals surface area contributed by atoms with Gasteiger partial charge in [0.2, 0.25) is 0 Å². The highest BCUT2D eigenvalue weighted by Gasteiger charge is 2.38. The second-order valence-corrected chi connectivity index (χ2v) is 17.4. The minimum absolute atomic E-state index is 0.171. The molecule has 324 valence electrons. The van der Waals surface area contributed by atoms with Gasteiger partial charge in [0.05, 0.1) is 11.7 Å². The Morgan fingerprint density at radius 2 is 0.897 bits per heavy atom. The largest absolute Gasteiger partial charge is 0.333 e. The molecule has 10 aromatic carbocycles. The molecule has 0 N–H and O–H groups in total. The summed E-state index contributed by atoms with van der Waals surface area (Å²) in [5.41, 5.74) is 16.7. The van der Waals surface area contributed by atoms with Gasteiger partial charge in [0.15, 0.2) is 0 Å². The van der Waals surface area contributed by atoms with Gasteiger partial charge in [-0.3, -0.25) is 0 Å². The first-order valence-corrected chi connectivity index (χ1v) is 23.3. The first kappa shape index (κ1) is 40.8. The van der Waals surface area contributed by atoms with Gasteiger partial charge in [-0.25, -0.2) is 4.39 Å². The summed E-state index contributed by atoms with van der Waals surface area (Å²) in [4.78, 5) is 7.07. The molecule has 68 heavy (non-hydrogen) atoms. The summed E-state index contributed by atoms with van der Waals surface area (Å²) in [5, 5.41) is 2.23. The lowest BCUT2D eigenvalue weighted by molar-refractivity contribution is 0.628. The highest BCUT2D eigenvalue weighted by Crippen LogP contribution is 2.51. The summed E-state index contributed by atoms with van der Waals surface area (Å²) in [6.45, 7) is 0. The Bertz CT molecular complexity index is 3460. The number of para-hydroxylation sites is 1. The Morgan fingerprint density at radius 3 is 1.60 bits per heavy atom. The van der Waals surface area contributed by atoms with E-state index in [0.29, 0.717) is 0 Å². The number of nitrogens with zero attached hydrogens (tertiary/aromatic N) is 3. The molecule has 1 aliphatic heterocycles. The molecule has 3 nitrogen and oxygen atoms in total. The quantitative estimate of drug-likeness (QED) is 0.136. The van der Waals surface area contributed by atoms with E-state index in [4.69, 9.17) is 0 Å². The van der Waals surface area contributed by atoms with Crippen LogP contribution in [0.2, 0.25) is 0 Å². The average Bonchev–Trinajstić information content (AvgIpc) is 3.74. The molecule has 0 spiro atoms. The van der Waals surface area contributed by atoms with Crippen molar-refractivity contribution >= 4 is 56.3 Å². The zero-order valence-electron chi connectivity index (χ0n) is 37.3. The lowest BCUT2D eigenvalue weighted by atomic mass is 9.91. The molecular formula is C64H46FN3. The third-order valence-electron chi connectivity index (χ3n) is 13.4. The summed E-state index contributed by atoms with van der Waals surface area (Å²) in [5.74, 6) is -0.0804. The Kier molecular flexibility index (Phi) is 10.5. The number of anilines is 8. The van der Waals surface area contributed by atoms with E-state index in [9.17, 15) is 4.39 Å². The molecule has 0 bridgehead atoms. The van der Waals surface area contributed by atoms with Crippen LogP contribution in [0.25, 0.3) is 44.2 Å².